The van der Waals surface area contributed by atoms with E-state index >= 15 is 0 Å². The van der Waals surface area contributed by atoms with E-state index in [1.54, 1.807) is 61.5 Å². The molecule has 4 rings (SSSR count). The highest BCUT2D eigenvalue weighted by molar-refractivity contribution is 14.1. The normalized spacial score (nSPS) is 15.0. The van der Waals surface area contributed by atoms with E-state index in [2.05, 4.69) is 27.6 Å². The SMILES string of the molecule is CCOC(=O)C1=C(O)/C(=C/c2cc(I)c(OCc3ccc(Cl)cc3)c(OCC)c2)SC1=NC(=O)c1ccccc1. The lowest BCUT2D eigenvalue weighted by molar-refractivity contribution is -0.138. The van der Waals surface area contributed by atoms with Gasteiger partial charge in [0, 0.05) is 10.6 Å². The van der Waals surface area contributed by atoms with Crippen molar-refractivity contribution in [2.24, 2.45) is 4.99 Å². The Morgan fingerprint density at radius 1 is 1.02 bits per heavy atom. The molecule has 206 valence electrons. The predicted molar refractivity (Wildman–Crippen MR) is 166 cm³/mol. The molecule has 0 atom stereocenters. The van der Waals surface area contributed by atoms with Crippen LogP contribution >= 0.6 is 46.0 Å². The van der Waals surface area contributed by atoms with Crippen LogP contribution in [0.2, 0.25) is 5.02 Å². The van der Waals surface area contributed by atoms with E-state index in [-0.39, 0.29) is 23.0 Å². The zero-order valence-corrected chi connectivity index (χ0v) is 25.4. The number of carbonyl (C=O) groups excluding carboxylic acids is 2. The van der Waals surface area contributed by atoms with E-state index in [0.717, 1.165) is 20.9 Å². The van der Waals surface area contributed by atoms with Crippen molar-refractivity contribution in [3.05, 3.63) is 108 Å². The molecule has 1 N–H and O–H groups in total. The Morgan fingerprint density at radius 2 is 1.75 bits per heavy atom. The number of aliphatic imine (C=N–C) groups is 1. The number of hydrogen-bond acceptors (Lipinski definition) is 7. The third-order valence-electron chi connectivity index (χ3n) is 5.52. The number of benzene rings is 3. The lowest BCUT2D eigenvalue weighted by Crippen LogP contribution is -2.14. The summed E-state index contributed by atoms with van der Waals surface area (Å²) in [6, 6.07) is 19.5. The number of halogens is 2. The highest BCUT2D eigenvalue weighted by Crippen LogP contribution is 2.41. The third kappa shape index (κ3) is 7.26. The van der Waals surface area contributed by atoms with Gasteiger partial charge < -0.3 is 19.3 Å². The molecule has 3 aromatic carbocycles. The van der Waals surface area contributed by atoms with E-state index in [0.29, 0.717) is 45.8 Å². The van der Waals surface area contributed by atoms with Crippen LogP contribution in [0.3, 0.4) is 0 Å². The van der Waals surface area contributed by atoms with Crippen LogP contribution in [0.1, 0.15) is 35.3 Å². The van der Waals surface area contributed by atoms with E-state index in [9.17, 15) is 14.7 Å². The Morgan fingerprint density at radius 3 is 2.42 bits per heavy atom. The van der Waals surface area contributed by atoms with Gasteiger partial charge in [0.2, 0.25) is 0 Å². The number of hydrogen-bond donors (Lipinski definition) is 1. The Balaban J connectivity index is 1.67. The Hall–Kier alpha value is -3.28. The number of carbonyl (C=O) groups is 2. The van der Waals surface area contributed by atoms with Crippen molar-refractivity contribution in [3.63, 3.8) is 0 Å². The maximum absolute atomic E-state index is 12.8. The fraction of sp³-hybridized carbons (Fsp3) is 0.167. The van der Waals surface area contributed by atoms with Crippen molar-refractivity contribution in [2.75, 3.05) is 13.2 Å². The standard InChI is InChI=1S/C30H25ClINO6S/c1-3-37-23-15-19(14-22(32)27(23)39-17-18-10-12-21(31)13-11-18)16-24-26(34)25(30(36)38-4-2)29(40-24)33-28(35)20-8-6-5-7-9-20/h5-16,34H,3-4,17H2,1-2H3/b24-16-,33-29?. The summed E-state index contributed by atoms with van der Waals surface area (Å²) < 4.78 is 17.9. The second-order valence-corrected chi connectivity index (χ2v) is 11.0. The quantitative estimate of drug-likeness (QED) is 0.183. The van der Waals surface area contributed by atoms with Crippen LogP contribution in [0.25, 0.3) is 6.08 Å². The monoisotopic (exact) mass is 689 g/mol. The molecular weight excluding hydrogens is 665 g/mol. The molecule has 1 aliphatic heterocycles. The maximum Gasteiger partial charge on any atom is 0.344 e. The first kappa shape index (κ1) is 29.7. The average molecular weight is 690 g/mol. The Kier molecular flexibility index (Phi) is 10.3. The van der Waals surface area contributed by atoms with Crippen molar-refractivity contribution in [3.8, 4) is 11.5 Å². The summed E-state index contributed by atoms with van der Waals surface area (Å²) >= 11 is 9.16. The van der Waals surface area contributed by atoms with E-state index in [4.69, 9.17) is 25.8 Å². The number of aliphatic hydroxyl groups is 1. The van der Waals surface area contributed by atoms with Crippen LogP contribution < -0.4 is 9.47 Å². The molecule has 1 amide bonds. The molecule has 0 aromatic heterocycles. The van der Waals surface area contributed by atoms with Crippen LogP contribution in [0.5, 0.6) is 11.5 Å². The van der Waals surface area contributed by atoms with Gasteiger partial charge in [-0.2, -0.15) is 0 Å². The van der Waals surface area contributed by atoms with Crippen molar-refractivity contribution < 1.29 is 28.9 Å². The topological polar surface area (TPSA) is 94.4 Å². The molecule has 0 bridgehead atoms. The number of amides is 1. The molecule has 10 heteroatoms. The molecule has 1 aliphatic rings. The molecule has 0 aliphatic carbocycles. The summed E-state index contributed by atoms with van der Waals surface area (Å²) in [4.78, 5) is 30.0. The van der Waals surface area contributed by atoms with Crippen molar-refractivity contribution in [1.82, 2.24) is 0 Å². The van der Waals surface area contributed by atoms with Crippen LogP contribution in [-0.2, 0) is 16.1 Å². The van der Waals surface area contributed by atoms with Crippen molar-refractivity contribution in [1.29, 1.82) is 0 Å². The number of ether oxygens (including phenoxy) is 3. The summed E-state index contributed by atoms with van der Waals surface area (Å²) in [5.41, 5.74) is 1.86. The second kappa shape index (κ2) is 13.9. The van der Waals surface area contributed by atoms with Gasteiger partial charge in [0.05, 0.1) is 21.7 Å². The van der Waals surface area contributed by atoms with Crippen molar-refractivity contribution in [2.45, 2.75) is 20.5 Å². The van der Waals surface area contributed by atoms with Gasteiger partial charge in [0.1, 0.15) is 23.0 Å². The number of rotatable bonds is 9. The van der Waals surface area contributed by atoms with E-state index < -0.39 is 11.9 Å². The van der Waals surface area contributed by atoms with E-state index in [1.165, 1.54) is 0 Å². The molecule has 1 heterocycles. The molecule has 40 heavy (non-hydrogen) atoms. The first-order chi connectivity index (χ1) is 19.3. The number of esters is 1. The molecule has 0 saturated carbocycles. The summed E-state index contributed by atoms with van der Waals surface area (Å²) in [6.45, 7) is 4.38. The van der Waals surface area contributed by atoms with Crippen LogP contribution in [0.4, 0.5) is 0 Å². The summed E-state index contributed by atoms with van der Waals surface area (Å²) in [5.74, 6) is -0.485. The van der Waals surface area contributed by atoms with Gasteiger partial charge >= 0.3 is 5.97 Å². The van der Waals surface area contributed by atoms with Crippen LogP contribution in [-0.4, -0.2) is 35.2 Å². The third-order valence-corrected chi connectivity index (χ3v) is 7.59. The van der Waals surface area contributed by atoms with E-state index in [1.807, 2.05) is 25.1 Å². The molecule has 3 aromatic rings. The molecule has 0 spiro atoms. The van der Waals surface area contributed by atoms with Gasteiger partial charge in [-0.05, 0) is 90.0 Å². The smallest absolute Gasteiger partial charge is 0.344 e. The number of thioether (sulfide) groups is 1. The highest BCUT2D eigenvalue weighted by atomic mass is 127. The largest absolute Gasteiger partial charge is 0.506 e. The van der Waals surface area contributed by atoms with Gasteiger partial charge in [0.15, 0.2) is 11.5 Å². The molecule has 0 unspecified atom stereocenters. The molecule has 0 radical (unpaired) electrons. The minimum absolute atomic E-state index is 0.0682. The second-order valence-electron chi connectivity index (χ2n) is 8.32. The lowest BCUT2D eigenvalue weighted by Gasteiger charge is -2.15. The van der Waals surface area contributed by atoms with Crippen molar-refractivity contribution >= 4 is 68.9 Å². The fourth-order valence-electron chi connectivity index (χ4n) is 3.69. The van der Waals surface area contributed by atoms with Crippen LogP contribution in [0.15, 0.2) is 88.0 Å². The fourth-order valence-corrected chi connectivity index (χ4v) is 5.61. The Bertz CT molecular complexity index is 1500. The average Bonchev–Trinajstić information content (AvgIpc) is 3.24. The Labute approximate surface area is 255 Å². The van der Waals surface area contributed by atoms with Gasteiger partial charge in [-0.3, -0.25) is 4.79 Å². The molecular formula is C30H25ClINO6S. The summed E-state index contributed by atoms with van der Waals surface area (Å²) in [7, 11) is 0. The van der Waals surface area contributed by atoms with Gasteiger partial charge in [-0.1, -0.05) is 53.7 Å². The molecule has 7 nitrogen and oxygen atoms in total. The number of nitrogens with zero attached hydrogens (tertiary/aromatic N) is 1. The molecule has 0 fully saturated rings. The predicted octanol–water partition coefficient (Wildman–Crippen LogP) is 7.62. The molecule has 0 saturated heterocycles. The summed E-state index contributed by atoms with van der Waals surface area (Å²) in [5, 5.41) is 11.7. The highest BCUT2D eigenvalue weighted by Gasteiger charge is 2.34. The number of aliphatic hydroxyl groups excluding tert-OH is 1. The lowest BCUT2D eigenvalue weighted by atomic mass is 10.1. The van der Waals surface area contributed by atoms with Gasteiger partial charge in [-0.15, -0.1) is 0 Å². The van der Waals surface area contributed by atoms with Gasteiger partial charge in [0.25, 0.3) is 5.91 Å². The zero-order valence-electron chi connectivity index (χ0n) is 21.6. The maximum atomic E-state index is 12.8. The van der Waals surface area contributed by atoms with Gasteiger partial charge in [-0.25, -0.2) is 9.79 Å². The van der Waals surface area contributed by atoms with Crippen LogP contribution in [0, 0.1) is 3.57 Å². The minimum Gasteiger partial charge on any atom is -0.506 e. The summed E-state index contributed by atoms with van der Waals surface area (Å²) in [6.07, 6.45) is 1.70. The first-order valence-corrected chi connectivity index (χ1v) is 14.6. The minimum atomic E-state index is -0.758. The zero-order chi connectivity index (χ0) is 28.6. The first-order valence-electron chi connectivity index (χ1n) is 12.3.